The molecule has 0 aromatic heterocycles. The van der Waals surface area contributed by atoms with Gasteiger partial charge < -0.3 is 11.1 Å². The molecule has 0 spiro atoms. The van der Waals surface area contributed by atoms with Gasteiger partial charge in [-0.25, -0.2) is 4.39 Å². The largest absolute Gasteiger partial charge is 0.366 e. The molecule has 2 rings (SSSR count). The summed E-state index contributed by atoms with van der Waals surface area (Å²) in [6.07, 6.45) is 3.54. The summed E-state index contributed by atoms with van der Waals surface area (Å²) in [6, 6.07) is 4.71. The number of nitrogens with one attached hydrogen (secondary N) is 1. The Labute approximate surface area is 93.8 Å². The molecule has 3 nitrogen and oxygen atoms in total. The molecule has 3 N–H and O–H groups in total. The first kappa shape index (κ1) is 11.1. The fraction of sp³-hybridized carbons (Fsp3) is 0.417. The van der Waals surface area contributed by atoms with Crippen LogP contribution in [0.5, 0.6) is 0 Å². The second-order valence-corrected chi connectivity index (χ2v) is 4.18. The Bertz CT molecular complexity index is 402. The third-order valence-electron chi connectivity index (χ3n) is 3.02. The lowest BCUT2D eigenvalue weighted by molar-refractivity contribution is 0.1000. The molecule has 0 saturated heterocycles. The molecule has 0 heterocycles. The van der Waals surface area contributed by atoms with E-state index in [4.69, 9.17) is 5.73 Å². The molecule has 1 amide bonds. The van der Waals surface area contributed by atoms with E-state index in [-0.39, 0.29) is 5.82 Å². The van der Waals surface area contributed by atoms with E-state index >= 15 is 0 Å². The average Bonchev–Trinajstić information content (AvgIpc) is 2.18. The van der Waals surface area contributed by atoms with E-state index in [1.807, 2.05) is 0 Å². The van der Waals surface area contributed by atoms with Crippen molar-refractivity contribution in [2.24, 2.45) is 5.73 Å². The number of hydrogen-bond donors (Lipinski definition) is 2. The summed E-state index contributed by atoms with van der Waals surface area (Å²) in [5.74, 6) is -0.818. The van der Waals surface area contributed by atoms with Crippen LogP contribution in [0.1, 0.15) is 35.2 Å². The van der Waals surface area contributed by atoms with Crippen LogP contribution in [-0.2, 0) is 6.54 Å². The van der Waals surface area contributed by atoms with Crippen molar-refractivity contribution in [1.29, 1.82) is 0 Å². The van der Waals surface area contributed by atoms with Gasteiger partial charge in [-0.15, -0.1) is 0 Å². The van der Waals surface area contributed by atoms with Gasteiger partial charge >= 0.3 is 0 Å². The molecule has 0 atom stereocenters. The summed E-state index contributed by atoms with van der Waals surface area (Å²) in [4.78, 5) is 10.9. The second-order valence-electron chi connectivity index (χ2n) is 4.18. The number of amides is 1. The number of nitrogens with two attached hydrogens (primary N) is 1. The number of carbonyl (C=O) groups is 1. The Morgan fingerprint density at radius 2 is 2.25 bits per heavy atom. The Hall–Kier alpha value is -1.42. The third kappa shape index (κ3) is 2.39. The molecule has 0 unspecified atom stereocenters. The van der Waals surface area contributed by atoms with Crippen LogP contribution < -0.4 is 11.1 Å². The topological polar surface area (TPSA) is 55.1 Å². The van der Waals surface area contributed by atoms with E-state index in [1.165, 1.54) is 24.6 Å². The van der Waals surface area contributed by atoms with Crippen LogP contribution in [0, 0.1) is 5.82 Å². The van der Waals surface area contributed by atoms with Gasteiger partial charge in [0.2, 0.25) is 5.91 Å². The lowest BCUT2D eigenvalue weighted by Crippen LogP contribution is -2.34. The molecular formula is C12H15FN2O. The van der Waals surface area contributed by atoms with Crippen molar-refractivity contribution in [1.82, 2.24) is 5.32 Å². The van der Waals surface area contributed by atoms with Gasteiger partial charge in [-0.3, -0.25) is 4.79 Å². The third-order valence-corrected chi connectivity index (χ3v) is 3.02. The van der Waals surface area contributed by atoms with Gasteiger partial charge in [-0.1, -0.05) is 6.42 Å². The van der Waals surface area contributed by atoms with Crippen molar-refractivity contribution in [2.45, 2.75) is 31.8 Å². The van der Waals surface area contributed by atoms with E-state index in [2.05, 4.69) is 5.32 Å². The zero-order valence-electron chi connectivity index (χ0n) is 9.00. The summed E-state index contributed by atoms with van der Waals surface area (Å²) in [7, 11) is 0. The zero-order chi connectivity index (χ0) is 11.5. The Balaban J connectivity index is 2.05. The molecule has 0 bridgehead atoms. The van der Waals surface area contributed by atoms with Gasteiger partial charge in [0.15, 0.2) is 0 Å². The van der Waals surface area contributed by atoms with Crippen molar-refractivity contribution in [3.63, 3.8) is 0 Å². The van der Waals surface area contributed by atoms with Crippen LogP contribution in [0.3, 0.4) is 0 Å². The van der Waals surface area contributed by atoms with Gasteiger partial charge in [0.05, 0.1) is 0 Å². The standard InChI is InChI=1S/C12H15FN2O/c13-11-5-4-8(12(14)16)6-9(11)7-15-10-2-1-3-10/h4-6,10,15H,1-3,7H2,(H2,14,16). The smallest absolute Gasteiger partial charge is 0.248 e. The van der Waals surface area contributed by atoms with E-state index in [1.54, 1.807) is 0 Å². The van der Waals surface area contributed by atoms with Crippen LogP contribution in [0.4, 0.5) is 4.39 Å². The SMILES string of the molecule is NC(=O)c1ccc(F)c(CNC2CCC2)c1. The first-order valence-corrected chi connectivity index (χ1v) is 5.48. The van der Waals surface area contributed by atoms with Crippen LogP contribution in [-0.4, -0.2) is 11.9 Å². The number of carbonyl (C=O) groups excluding carboxylic acids is 1. The lowest BCUT2D eigenvalue weighted by Gasteiger charge is -2.26. The van der Waals surface area contributed by atoms with Gasteiger partial charge in [-0.05, 0) is 31.0 Å². The van der Waals surface area contributed by atoms with Crippen molar-refractivity contribution >= 4 is 5.91 Å². The highest BCUT2D eigenvalue weighted by atomic mass is 19.1. The van der Waals surface area contributed by atoms with E-state index in [9.17, 15) is 9.18 Å². The van der Waals surface area contributed by atoms with E-state index in [0.717, 1.165) is 12.8 Å². The lowest BCUT2D eigenvalue weighted by atomic mass is 9.93. The predicted octanol–water partition coefficient (Wildman–Crippen LogP) is 1.57. The molecule has 4 heteroatoms. The van der Waals surface area contributed by atoms with Crippen LogP contribution >= 0.6 is 0 Å². The average molecular weight is 222 g/mol. The van der Waals surface area contributed by atoms with Gasteiger partial charge in [0.25, 0.3) is 0 Å². The first-order chi connectivity index (χ1) is 7.66. The number of halogens is 1. The maximum Gasteiger partial charge on any atom is 0.248 e. The summed E-state index contributed by atoms with van der Waals surface area (Å²) in [5, 5.41) is 3.25. The summed E-state index contributed by atoms with van der Waals surface area (Å²) in [5.41, 5.74) is 6.00. The molecular weight excluding hydrogens is 207 g/mol. The minimum absolute atomic E-state index is 0.295. The van der Waals surface area contributed by atoms with Gasteiger partial charge in [-0.2, -0.15) is 0 Å². The van der Waals surface area contributed by atoms with E-state index in [0.29, 0.717) is 23.7 Å². The molecule has 0 radical (unpaired) electrons. The Morgan fingerprint density at radius 1 is 1.50 bits per heavy atom. The van der Waals surface area contributed by atoms with Crippen LogP contribution in [0.2, 0.25) is 0 Å². The van der Waals surface area contributed by atoms with Gasteiger partial charge in [0.1, 0.15) is 5.82 Å². The van der Waals surface area contributed by atoms with Crippen molar-refractivity contribution in [2.75, 3.05) is 0 Å². The summed E-state index contributed by atoms with van der Waals surface area (Å²) in [6.45, 7) is 0.456. The molecule has 1 fully saturated rings. The Morgan fingerprint density at radius 3 is 2.81 bits per heavy atom. The second kappa shape index (κ2) is 4.61. The highest BCUT2D eigenvalue weighted by Gasteiger charge is 2.17. The van der Waals surface area contributed by atoms with E-state index < -0.39 is 5.91 Å². The first-order valence-electron chi connectivity index (χ1n) is 5.48. The number of rotatable bonds is 4. The minimum atomic E-state index is -0.523. The Kier molecular flexibility index (Phi) is 3.19. The highest BCUT2D eigenvalue weighted by Crippen LogP contribution is 2.19. The normalized spacial score (nSPS) is 15.8. The monoisotopic (exact) mass is 222 g/mol. The molecule has 0 aliphatic heterocycles. The maximum atomic E-state index is 13.4. The van der Waals surface area contributed by atoms with Crippen LogP contribution in [0.15, 0.2) is 18.2 Å². The maximum absolute atomic E-state index is 13.4. The number of primary amides is 1. The molecule has 1 aromatic rings. The number of hydrogen-bond acceptors (Lipinski definition) is 2. The molecule has 1 aliphatic carbocycles. The van der Waals surface area contributed by atoms with Gasteiger partial charge in [0, 0.05) is 23.7 Å². The molecule has 1 aromatic carbocycles. The van der Waals surface area contributed by atoms with Crippen LogP contribution in [0.25, 0.3) is 0 Å². The fourth-order valence-corrected chi connectivity index (χ4v) is 1.73. The van der Waals surface area contributed by atoms with Crippen molar-refractivity contribution in [3.05, 3.63) is 35.1 Å². The molecule has 1 saturated carbocycles. The zero-order valence-corrected chi connectivity index (χ0v) is 9.00. The minimum Gasteiger partial charge on any atom is -0.366 e. The van der Waals surface area contributed by atoms with Crippen molar-refractivity contribution in [3.8, 4) is 0 Å². The molecule has 16 heavy (non-hydrogen) atoms. The summed E-state index contributed by atoms with van der Waals surface area (Å²) >= 11 is 0. The molecule has 86 valence electrons. The summed E-state index contributed by atoms with van der Waals surface area (Å²) < 4.78 is 13.4. The predicted molar refractivity (Wildman–Crippen MR) is 59.4 cm³/mol. The quantitative estimate of drug-likeness (QED) is 0.812. The van der Waals surface area contributed by atoms with Crippen molar-refractivity contribution < 1.29 is 9.18 Å². The molecule has 1 aliphatic rings. The number of benzene rings is 1. The highest BCUT2D eigenvalue weighted by molar-refractivity contribution is 5.92. The fourth-order valence-electron chi connectivity index (χ4n) is 1.73.